The second-order valence-electron chi connectivity index (χ2n) is 3.19. The first-order valence-corrected chi connectivity index (χ1v) is 5.69. The number of benzene rings is 1. The van der Waals surface area contributed by atoms with Gasteiger partial charge in [-0.3, -0.25) is 0 Å². The van der Waals surface area contributed by atoms with Crippen LogP contribution in [0.1, 0.15) is 23.1 Å². The number of nitrogen functional groups attached to an aromatic ring is 1. The third kappa shape index (κ3) is 2.52. The van der Waals surface area contributed by atoms with Crippen molar-refractivity contribution in [2.24, 2.45) is 0 Å². The fourth-order valence-electron chi connectivity index (χ4n) is 1.18. The first kappa shape index (κ1) is 11.1. The van der Waals surface area contributed by atoms with E-state index in [0.29, 0.717) is 0 Å². The quantitative estimate of drug-likeness (QED) is 0.464. The molecule has 0 fully saturated rings. The van der Waals surface area contributed by atoms with E-state index in [0.717, 1.165) is 28.6 Å². The van der Waals surface area contributed by atoms with Crippen LogP contribution in [0.4, 0.5) is 5.69 Å². The average Bonchev–Trinajstić information content (AvgIpc) is 2.18. The fourth-order valence-corrected chi connectivity index (χ4v) is 1.38. The molecule has 0 aliphatic heterocycles. The number of alkyl halides is 1. The summed E-state index contributed by atoms with van der Waals surface area (Å²) in [5.41, 5.74) is 10.0. The van der Waals surface area contributed by atoms with E-state index in [1.807, 2.05) is 19.1 Å². The van der Waals surface area contributed by atoms with Gasteiger partial charge < -0.3 is 5.73 Å². The van der Waals surface area contributed by atoms with Crippen LogP contribution >= 0.6 is 15.9 Å². The van der Waals surface area contributed by atoms with Crippen LogP contribution in [0.2, 0.25) is 0 Å². The number of halogens is 1. The maximum atomic E-state index is 5.79. The zero-order chi connectivity index (χ0) is 10.6. The molecule has 14 heavy (non-hydrogen) atoms. The van der Waals surface area contributed by atoms with Gasteiger partial charge in [-0.1, -0.05) is 27.8 Å². The molecule has 0 atom stereocenters. The molecule has 1 nitrogen and oxygen atoms in total. The van der Waals surface area contributed by atoms with E-state index in [4.69, 9.17) is 5.73 Å². The third-order valence-electron chi connectivity index (χ3n) is 2.27. The van der Waals surface area contributed by atoms with Crippen molar-refractivity contribution in [3.8, 4) is 11.8 Å². The molecule has 0 saturated heterocycles. The van der Waals surface area contributed by atoms with Crippen LogP contribution < -0.4 is 5.73 Å². The molecule has 0 heterocycles. The number of rotatable bonds is 1. The van der Waals surface area contributed by atoms with Crippen molar-refractivity contribution in [1.29, 1.82) is 0 Å². The van der Waals surface area contributed by atoms with Crippen LogP contribution in [0, 0.1) is 25.7 Å². The summed E-state index contributed by atoms with van der Waals surface area (Å²) in [6.07, 6.45) is 0.878. The average molecular weight is 252 g/mol. The molecule has 1 rings (SSSR count). The molecule has 0 aromatic heterocycles. The summed E-state index contributed by atoms with van der Waals surface area (Å²) in [5, 5.41) is 0.924. The third-order valence-corrected chi connectivity index (χ3v) is 2.67. The van der Waals surface area contributed by atoms with Crippen molar-refractivity contribution in [2.45, 2.75) is 20.3 Å². The summed E-state index contributed by atoms with van der Waals surface area (Å²) in [4.78, 5) is 0. The summed E-state index contributed by atoms with van der Waals surface area (Å²) in [5.74, 6) is 6.25. The standard InChI is InChI=1S/C12H14BrN/c1-9-10(2)12(14)7-6-11(9)5-3-4-8-13/h6-7H,4,8,14H2,1-2H3. The highest BCUT2D eigenvalue weighted by molar-refractivity contribution is 9.09. The summed E-state index contributed by atoms with van der Waals surface area (Å²) < 4.78 is 0. The van der Waals surface area contributed by atoms with Gasteiger partial charge in [-0.05, 0) is 37.1 Å². The Kier molecular flexibility index (Phi) is 4.03. The van der Waals surface area contributed by atoms with Crippen LogP contribution in [-0.4, -0.2) is 5.33 Å². The predicted molar refractivity (Wildman–Crippen MR) is 65.6 cm³/mol. The first-order chi connectivity index (χ1) is 6.66. The lowest BCUT2D eigenvalue weighted by Crippen LogP contribution is -1.94. The minimum Gasteiger partial charge on any atom is -0.399 e. The van der Waals surface area contributed by atoms with Crippen molar-refractivity contribution in [3.05, 3.63) is 28.8 Å². The molecule has 0 radical (unpaired) electrons. The van der Waals surface area contributed by atoms with Crippen molar-refractivity contribution >= 4 is 21.6 Å². The molecule has 0 bridgehead atoms. The van der Waals surface area contributed by atoms with Crippen molar-refractivity contribution in [3.63, 3.8) is 0 Å². The molecule has 0 spiro atoms. The van der Waals surface area contributed by atoms with Gasteiger partial charge in [-0.15, -0.1) is 0 Å². The van der Waals surface area contributed by atoms with Crippen molar-refractivity contribution in [2.75, 3.05) is 11.1 Å². The summed E-state index contributed by atoms with van der Waals surface area (Å²) in [7, 11) is 0. The van der Waals surface area contributed by atoms with E-state index in [9.17, 15) is 0 Å². The molecular weight excluding hydrogens is 238 g/mol. The molecular formula is C12H14BrN. The molecule has 1 aromatic carbocycles. The minimum absolute atomic E-state index is 0.841. The van der Waals surface area contributed by atoms with Gasteiger partial charge in [0, 0.05) is 23.0 Å². The van der Waals surface area contributed by atoms with Gasteiger partial charge in [0.1, 0.15) is 0 Å². The van der Waals surface area contributed by atoms with Gasteiger partial charge in [0.05, 0.1) is 0 Å². The molecule has 1 aromatic rings. The molecule has 0 amide bonds. The SMILES string of the molecule is Cc1c(N)ccc(C#CCCBr)c1C. The predicted octanol–water partition coefficient (Wildman–Crippen LogP) is 3.02. The van der Waals surface area contributed by atoms with E-state index >= 15 is 0 Å². The van der Waals surface area contributed by atoms with Crippen LogP contribution in [0.25, 0.3) is 0 Å². The van der Waals surface area contributed by atoms with E-state index in [1.54, 1.807) is 0 Å². The van der Waals surface area contributed by atoms with Crippen molar-refractivity contribution in [1.82, 2.24) is 0 Å². The smallest absolute Gasteiger partial charge is 0.0347 e. The Morgan fingerprint density at radius 3 is 2.64 bits per heavy atom. The normalized spacial score (nSPS) is 9.36. The second kappa shape index (κ2) is 5.07. The van der Waals surface area contributed by atoms with Gasteiger partial charge in [0.25, 0.3) is 0 Å². The van der Waals surface area contributed by atoms with Gasteiger partial charge in [0.2, 0.25) is 0 Å². The minimum atomic E-state index is 0.841. The summed E-state index contributed by atoms with van der Waals surface area (Å²) in [6, 6.07) is 3.90. The molecule has 0 unspecified atom stereocenters. The Labute approximate surface area is 93.8 Å². The van der Waals surface area contributed by atoms with E-state index < -0.39 is 0 Å². The molecule has 0 saturated carbocycles. The summed E-state index contributed by atoms with van der Waals surface area (Å²) >= 11 is 3.35. The van der Waals surface area contributed by atoms with Crippen LogP contribution in [-0.2, 0) is 0 Å². The second-order valence-corrected chi connectivity index (χ2v) is 3.99. The Morgan fingerprint density at radius 2 is 2.00 bits per heavy atom. The van der Waals surface area contributed by atoms with E-state index in [2.05, 4.69) is 34.7 Å². The highest BCUT2D eigenvalue weighted by Crippen LogP contribution is 2.18. The van der Waals surface area contributed by atoms with Crippen LogP contribution in [0.5, 0.6) is 0 Å². The molecule has 0 aliphatic carbocycles. The lowest BCUT2D eigenvalue weighted by molar-refractivity contribution is 1.30. The molecule has 0 aliphatic rings. The monoisotopic (exact) mass is 251 g/mol. The zero-order valence-electron chi connectivity index (χ0n) is 8.52. The Hall–Kier alpha value is -0.940. The topological polar surface area (TPSA) is 26.0 Å². The lowest BCUT2D eigenvalue weighted by Gasteiger charge is -2.05. The van der Waals surface area contributed by atoms with Crippen molar-refractivity contribution < 1.29 is 0 Å². The Bertz CT molecular complexity index is 385. The van der Waals surface area contributed by atoms with E-state index in [-0.39, 0.29) is 0 Å². The van der Waals surface area contributed by atoms with Crippen LogP contribution in [0.15, 0.2) is 12.1 Å². The number of anilines is 1. The molecule has 2 N–H and O–H groups in total. The highest BCUT2D eigenvalue weighted by Gasteiger charge is 2.00. The highest BCUT2D eigenvalue weighted by atomic mass is 79.9. The molecule has 74 valence electrons. The summed E-state index contributed by atoms with van der Waals surface area (Å²) in [6.45, 7) is 4.09. The Balaban J connectivity index is 3.02. The van der Waals surface area contributed by atoms with Gasteiger partial charge in [-0.2, -0.15) is 0 Å². The first-order valence-electron chi connectivity index (χ1n) is 4.57. The van der Waals surface area contributed by atoms with Crippen LogP contribution in [0.3, 0.4) is 0 Å². The van der Waals surface area contributed by atoms with Gasteiger partial charge >= 0.3 is 0 Å². The number of nitrogens with two attached hydrogens (primary N) is 1. The largest absolute Gasteiger partial charge is 0.399 e. The number of hydrogen-bond acceptors (Lipinski definition) is 1. The zero-order valence-corrected chi connectivity index (χ0v) is 10.1. The number of hydrogen-bond donors (Lipinski definition) is 1. The maximum Gasteiger partial charge on any atom is 0.0347 e. The Morgan fingerprint density at radius 1 is 1.29 bits per heavy atom. The maximum absolute atomic E-state index is 5.79. The van der Waals surface area contributed by atoms with Gasteiger partial charge in [-0.25, -0.2) is 0 Å². The lowest BCUT2D eigenvalue weighted by atomic mass is 10.0. The molecule has 2 heteroatoms. The van der Waals surface area contributed by atoms with E-state index in [1.165, 1.54) is 5.56 Å². The fraction of sp³-hybridized carbons (Fsp3) is 0.333. The van der Waals surface area contributed by atoms with Gasteiger partial charge in [0.15, 0.2) is 0 Å².